The van der Waals surface area contributed by atoms with Gasteiger partial charge in [0.15, 0.2) is 0 Å². The van der Waals surface area contributed by atoms with Crippen LogP contribution in [0.1, 0.15) is 16.8 Å². The number of benzene rings is 2. The monoisotopic (exact) mass is 368 g/mol. The second kappa shape index (κ2) is 7.40. The van der Waals surface area contributed by atoms with Crippen molar-refractivity contribution in [3.05, 3.63) is 82.5 Å². The van der Waals surface area contributed by atoms with Crippen LogP contribution in [0.15, 0.2) is 54.6 Å². The molecule has 0 radical (unpaired) electrons. The highest BCUT2D eigenvalue weighted by Crippen LogP contribution is 2.28. The first-order valence-electron chi connectivity index (χ1n) is 8.51. The number of anilines is 2. The lowest BCUT2D eigenvalue weighted by Crippen LogP contribution is -2.31. The van der Waals surface area contributed by atoms with Gasteiger partial charge < -0.3 is 5.32 Å². The van der Waals surface area contributed by atoms with Crippen LogP contribution in [-0.2, 0) is 19.5 Å². The summed E-state index contributed by atoms with van der Waals surface area (Å²) in [5.41, 5.74) is 3.88. The molecule has 0 saturated heterocycles. The van der Waals surface area contributed by atoms with Crippen molar-refractivity contribution in [1.82, 2.24) is 14.9 Å². The molecular formula is C20H18ClFN4. The van der Waals surface area contributed by atoms with Crippen molar-refractivity contribution in [2.24, 2.45) is 0 Å². The molecule has 1 aromatic heterocycles. The van der Waals surface area contributed by atoms with Crippen LogP contribution in [-0.4, -0.2) is 21.4 Å². The number of hydrogen-bond acceptors (Lipinski definition) is 4. The average molecular weight is 369 g/mol. The highest BCUT2D eigenvalue weighted by atomic mass is 35.5. The maximum atomic E-state index is 13.5. The molecule has 3 aromatic rings. The van der Waals surface area contributed by atoms with Gasteiger partial charge in [0, 0.05) is 37.3 Å². The summed E-state index contributed by atoms with van der Waals surface area (Å²) in [5, 5.41) is 3.40. The maximum absolute atomic E-state index is 13.5. The van der Waals surface area contributed by atoms with Crippen LogP contribution in [0, 0.1) is 5.82 Å². The lowest BCUT2D eigenvalue weighted by Gasteiger charge is -2.29. The number of halogens is 2. The summed E-state index contributed by atoms with van der Waals surface area (Å²) in [4.78, 5) is 11.1. The molecule has 0 bridgehead atoms. The molecule has 0 amide bonds. The van der Waals surface area contributed by atoms with Gasteiger partial charge in [-0.2, -0.15) is 0 Å². The van der Waals surface area contributed by atoms with Crippen LogP contribution in [0.25, 0.3) is 0 Å². The van der Waals surface area contributed by atoms with Crippen LogP contribution in [0.4, 0.5) is 15.9 Å². The molecule has 132 valence electrons. The Morgan fingerprint density at radius 1 is 1.08 bits per heavy atom. The van der Waals surface area contributed by atoms with E-state index in [0.29, 0.717) is 11.5 Å². The van der Waals surface area contributed by atoms with Crippen molar-refractivity contribution in [2.75, 3.05) is 11.9 Å². The summed E-state index contributed by atoms with van der Waals surface area (Å²) in [6, 6.07) is 16.7. The van der Waals surface area contributed by atoms with Crippen molar-refractivity contribution >= 4 is 23.1 Å². The summed E-state index contributed by atoms with van der Waals surface area (Å²) in [5.74, 6) is 0.345. The van der Waals surface area contributed by atoms with Crippen molar-refractivity contribution < 1.29 is 4.39 Å². The molecule has 1 aliphatic rings. The van der Waals surface area contributed by atoms with E-state index < -0.39 is 0 Å². The molecular weight excluding hydrogens is 351 g/mol. The van der Waals surface area contributed by atoms with Crippen molar-refractivity contribution in [1.29, 1.82) is 0 Å². The third-order valence-corrected chi connectivity index (χ3v) is 4.62. The number of aromatic nitrogens is 2. The lowest BCUT2D eigenvalue weighted by molar-refractivity contribution is 0.243. The number of nitrogens with zero attached hydrogens (tertiary/aromatic N) is 3. The van der Waals surface area contributed by atoms with Crippen LogP contribution < -0.4 is 5.32 Å². The summed E-state index contributed by atoms with van der Waals surface area (Å²) in [6.45, 7) is 2.50. The number of fused-ring (bicyclic) bond motifs is 1. The minimum absolute atomic E-state index is 0.208. The minimum atomic E-state index is -0.297. The van der Waals surface area contributed by atoms with E-state index in [1.54, 1.807) is 12.1 Å². The van der Waals surface area contributed by atoms with Gasteiger partial charge in [0.1, 0.15) is 11.6 Å². The van der Waals surface area contributed by atoms with Gasteiger partial charge in [0.05, 0.1) is 5.69 Å². The van der Waals surface area contributed by atoms with Crippen molar-refractivity contribution in [3.63, 3.8) is 0 Å². The first kappa shape index (κ1) is 16.9. The fourth-order valence-electron chi connectivity index (χ4n) is 3.22. The molecule has 0 atom stereocenters. The van der Waals surface area contributed by atoms with E-state index in [9.17, 15) is 4.39 Å². The fraction of sp³-hybridized carbons (Fsp3) is 0.200. The second-order valence-corrected chi connectivity index (χ2v) is 6.69. The third kappa shape index (κ3) is 3.84. The van der Waals surface area contributed by atoms with Gasteiger partial charge in [-0.05, 0) is 35.4 Å². The molecule has 2 aromatic carbocycles. The van der Waals surface area contributed by atoms with E-state index in [4.69, 9.17) is 11.6 Å². The van der Waals surface area contributed by atoms with Gasteiger partial charge in [-0.25, -0.2) is 14.4 Å². The van der Waals surface area contributed by atoms with Gasteiger partial charge in [-0.1, -0.05) is 36.4 Å². The molecule has 1 aliphatic heterocycles. The highest BCUT2D eigenvalue weighted by molar-refractivity contribution is 6.28. The van der Waals surface area contributed by atoms with Crippen molar-refractivity contribution in [2.45, 2.75) is 19.5 Å². The zero-order chi connectivity index (χ0) is 17.9. The Hall–Kier alpha value is -2.50. The van der Waals surface area contributed by atoms with Gasteiger partial charge >= 0.3 is 0 Å². The first-order chi connectivity index (χ1) is 12.7. The summed E-state index contributed by atoms with van der Waals surface area (Å²) in [6.07, 6.45) is 0.808. The van der Waals surface area contributed by atoms with Crippen molar-refractivity contribution in [3.8, 4) is 0 Å². The molecule has 1 N–H and O–H groups in total. The Morgan fingerprint density at radius 2 is 1.92 bits per heavy atom. The predicted octanol–water partition coefficient (Wildman–Crippen LogP) is 4.57. The Morgan fingerprint density at radius 3 is 2.73 bits per heavy atom. The molecule has 0 fully saturated rings. The van der Waals surface area contributed by atoms with E-state index in [-0.39, 0.29) is 11.1 Å². The number of nitrogens with one attached hydrogen (secondary N) is 1. The maximum Gasteiger partial charge on any atom is 0.224 e. The van der Waals surface area contributed by atoms with Crippen LogP contribution in [0.5, 0.6) is 0 Å². The Labute approximate surface area is 156 Å². The Bertz CT molecular complexity index is 917. The van der Waals surface area contributed by atoms with E-state index in [2.05, 4.69) is 32.3 Å². The second-order valence-electron chi connectivity index (χ2n) is 6.35. The quantitative estimate of drug-likeness (QED) is 0.685. The van der Waals surface area contributed by atoms with Crippen LogP contribution in [0.2, 0.25) is 5.28 Å². The molecule has 6 heteroatoms. The smallest absolute Gasteiger partial charge is 0.224 e. The van der Waals surface area contributed by atoms with E-state index in [1.165, 1.54) is 17.7 Å². The summed E-state index contributed by atoms with van der Waals surface area (Å²) < 4.78 is 13.5. The standard InChI is InChI=1S/C20H18ClFN4/c21-20-24-18-9-10-26(12-14-5-2-1-3-6-14)13-17(18)19(25-20)23-16-8-4-7-15(22)11-16/h1-8,11H,9-10,12-13H2,(H,23,24,25). The molecule has 26 heavy (non-hydrogen) atoms. The molecule has 0 unspecified atom stereocenters. The summed E-state index contributed by atoms with van der Waals surface area (Å²) >= 11 is 6.10. The van der Waals surface area contributed by atoms with Crippen LogP contribution in [0.3, 0.4) is 0 Å². The zero-order valence-electron chi connectivity index (χ0n) is 14.1. The van der Waals surface area contributed by atoms with Gasteiger partial charge in [-0.3, -0.25) is 4.90 Å². The van der Waals surface area contributed by atoms with Gasteiger partial charge in [-0.15, -0.1) is 0 Å². The summed E-state index contributed by atoms with van der Waals surface area (Å²) in [7, 11) is 0. The van der Waals surface area contributed by atoms with E-state index >= 15 is 0 Å². The lowest BCUT2D eigenvalue weighted by atomic mass is 10.0. The van der Waals surface area contributed by atoms with Gasteiger partial charge in [0.25, 0.3) is 0 Å². The van der Waals surface area contributed by atoms with Gasteiger partial charge in [0.2, 0.25) is 5.28 Å². The minimum Gasteiger partial charge on any atom is -0.340 e. The molecule has 4 nitrogen and oxygen atoms in total. The molecule has 4 rings (SSSR count). The zero-order valence-corrected chi connectivity index (χ0v) is 14.9. The first-order valence-corrected chi connectivity index (χ1v) is 8.89. The van der Waals surface area contributed by atoms with E-state index in [1.807, 2.05) is 18.2 Å². The highest BCUT2D eigenvalue weighted by Gasteiger charge is 2.22. The van der Waals surface area contributed by atoms with Crippen LogP contribution >= 0.6 is 11.6 Å². The fourth-order valence-corrected chi connectivity index (χ4v) is 3.41. The normalized spacial score (nSPS) is 14.1. The largest absolute Gasteiger partial charge is 0.340 e. The molecule has 0 saturated carbocycles. The topological polar surface area (TPSA) is 41.1 Å². The predicted molar refractivity (Wildman–Crippen MR) is 101 cm³/mol. The number of rotatable bonds is 4. The molecule has 2 heterocycles. The third-order valence-electron chi connectivity index (χ3n) is 4.45. The van der Waals surface area contributed by atoms with E-state index in [0.717, 1.165) is 37.3 Å². The SMILES string of the molecule is Fc1cccc(Nc2nc(Cl)nc3c2CN(Cc2ccccc2)CC3)c1. The molecule has 0 spiro atoms. The Balaban J connectivity index is 1.60. The average Bonchev–Trinajstić information content (AvgIpc) is 2.63. The molecule has 0 aliphatic carbocycles. The number of hydrogen-bond donors (Lipinski definition) is 1. The Kier molecular flexibility index (Phi) is 4.82.